The van der Waals surface area contributed by atoms with Crippen molar-refractivity contribution >= 4 is 27.0 Å². The van der Waals surface area contributed by atoms with Gasteiger partial charge in [-0.25, -0.2) is 8.42 Å². The monoisotopic (exact) mass is 512 g/mol. The van der Waals surface area contributed by atoms with E-state index in [-0.39, 0.29) is 0 Å². The number of hydrogen-bond donors (Lipinski definition) is 2. The van der Waals surface area contributed by atoms with Gasteiger partial charge in [0.15, 0.2) is 0 Å². The third kappa shape index (κ3) is 7.09. The first-order valence-corrected chi connectivity index (χ1v) is 14.8. The number of hydrogen-bond acceptors (Lipinski definition) is 5. The number of benzene rings is 2. The van der Waals surface area contributed by atoms with Crippen LogP contribution < -0.4 is 14.8 Å². The lowest BCUT2D eigenvalue weighted by Gasteiger charge is -2.21. The Kier molecular flexibility index (Phi) is 8.87. The molecule has 0 amide bonds. The van der Waals surface area contributed by atoms with E-state index in [4.69, 9.17) is 4.74 Å². The van der Waals surface area contributed by atoms with Crippen LogP contribution in [0.15, 0.2) is 64.9 Å². The molecule has 1 saturated carbocycles. The third-order valence-electron chi connectivity index (χ3n) is 6.76. The first-order valence-electron chi connectivity index (χ1n) is 12.5. The quantitative estimate of drug-likeness (QED) is 0.285. The molecule has 0 unspecified atom stereocenters. The summed E-state index contributed by atoms with van der Waals surface area (Å²) in [5.41, 5.74) is 2.51. The Morgan fingerprint density at radius 1 is 1.00 bits per heavy atom. The Labute approximate surface area is 214 Å². The zero-order chi connectivity index (χ0) is 24.7. The van der Waals surface area contributed by atoms with Crippen LogP contribution in [-0.4, -0.2) is 21.6 Å². The summed E-state index contributed by atoms with van der Waals surface area (Å²) in [4.78, 5) is 0.881. The molecule has 1 aromatic heterocycles. The van der Waals surface area contributed by atoms with E-state index in [1.165, 1.54) is 56.3 Å². The lowest BCUT2D eigenvalue weighted by Crippen LogP contribution is -2.28. The van der Waals surface area contributed by atoms with Gasteiger partial charge in [-0.1, -0.05) is 68.9 Å². The highest BCUT2D eigenvalue weighted by molar-refractivity contribution is 7.94. The molecular weight excluding hydrogens is 476 g/mol. The molecule has 188 valence electrons. The maximum absolute atomic E-state index is 13.2. The average molecular weight is 513 g/mol. The minimum Gasteiger partial charge on any atom is -0.497 e. The number of nitrogens with one attached hydrogen (secondary N) is 2. The molecule has 5 nitrogen and oxygen atoms in total. The summed E-state index contributed by atoms with van der Waals surface area (Å²) < 4.78 is 34.8. The summed E-state index contributed by atoms with van der Waals surface area (Å²) >= 11 is 1.25. The smallest absolute Gasteiger partial charge is 0.271 e. The second kappa shape index (κ2) is 12.1. The molecule has 1 aliphatic rings. The van der Waals surface area contributed by atoms with Crippen LogP contribution in [0.4, 0.5) is 5.69 Å². The summed E-state index contributed by atoms with van der Waals surface area (Å²) in [7, 11) is -2.07. The number of methoxy groups -OCH3 is 1. The van der Waals surface area contributed by atoms with Gasteiger partial charge in [0.25, 0.3) is 10.0 Å². The zero-order valence-corrected chi connectivity index (χ0v) is 22.3. The summed E-state index contributed by atoms with van der Waals surface area (Å²) in [6.45, 7) is 2.87. The summed E-state index contributed by atoms with van der Waals surface area (Å²) in [5, 5.41) is 3.62. The van der Waals surface area contributed by atoms with E-state index in [0.29, 0.717) is 22.5 Å². The van der Waals surface area contributed by atoms with Gasteiger partial charge < -0.3 is 10.1 Å². The van der Waals surface area contributed by atoms with Gasteiger partial charge in [-0.3, -0.25) is 4.72 Å². The fourth-order valence-electron chi connectivity index (χ4n) is 4.83. The Balaban J connectivity index is 1.41. The van der Waals surface area contributed by atoms with Crippen LogP contribution in [0.2, 0.25) is 0 Å². The van der Waals surface area contributed by atoms with E-state index in [1.54, 1.807) is 13.2 Å². The van der Waals surface area contributed by atoms with E-state index in [1.807, 2.05) is 54.6 Å². The highest BCUT2D eigenvalue weighted by Gasteiger charge is 2.20. The van der Waals surface area contributed by atoms with E-state index in [0.717, 1.165) is 27.7 Å². The molecule has 1 fully saturated rings. The zero-order valence-electron chi connectivity index (χ0n) is 20.6. The van der Waals surface area contributed by atoms with Crippen molar-refractivity contribution in [2.24, 2.45) is 5.92 Å². The van der Waals surface area contributed by atoms with E-state index < -0.39 is 10.0 Å². The first kappa shape index (κ1) is 25.7. The second-order valence-corrected chi connectivity index (χ2v) is 12.5. The van der Waals surface area contributed by atoms with Gasteiger partial charge in [0, 0.05) is 17.5 Å². The van der Waals surface area contributed by atoms with E-state index in [9.17, 15) is 8.42 Å². The molecule has 4 rings (SSSR count). The van der Waals surface area contributed by atoms with Crippen molar-refractivity contribution in [2.45, 2.75) is 68.7 Å². The Bertz CT molecular complexity index is 1200. The van der Waals surface area contributed by atoms with Crippen LogP contribution in [0.3, 0.4) is 0 Å². The van der Waals surface area contributed by atoms with Crippen LogP contribution in [-0.2, 0) is 16.6 Å². The molecule has 7 heteroatoms. The summed E-state index contributed by atoms with van der Waals surface area (Å²) in [6.07, 6.45) is 9.29. The van der Waals surface area contributed by atoms with Crippen LogP contribution in [0, 0.1) is 5.92 Å². The number of anilines is 1. The maximum Gasteiger partial charge on any atom is 0.271 e. The Morgan fingerprint density at radius 2 is 1.77 bits per heavy atom. The van der Waals surface area contributed by atoms with Crippen molar-refractivity contribution in [3.05, 3.63) is 66.2 Å². The van der Waals surface area contributed by atoms with Gasteiger partial charge >= 0.3 is 0 Å². The molecule has 1 aliphatic carbocycles. The topological polar surface area (TPSA) is 67.4 Å². The minimum absolute atomic E-state index is 0.291. The molecule has 3 aromatic rings. The fourth-order valence-corrected chi connectivity index (χ4v) is 7.24. The third-order valence-corrected chi connectivity index (χ3v) is 9.76. The molecule has 2 N–H and O–H groups in total. The first-order chi connectivity index (χ1) is 16.9. The number of thiophene rings is 1. The lowest BCUT2D eigenvalue weighted by atomic mass is 9.93. The van der Waals surface area contributed by atoms with Crippen molar-refractivity contribution < 1.29 is 13.2 Å². The number of sulfonamides is 1. The highest BCUT2D eigenvalue weighted by atomic mass is 32.2. The number of para-hydroxylation sites is 1. The van der Waals surface area contributed by atoms with Gasteiger partial charge in [0.05, 0.1) is 12.8 Å². The summed E-state index contributed by atoms with van der Waals surface area (Å²) in [5.74, 6) is 1.54. The molecule has 2 aromatic carbocycles. The van der Waals surface area contributed by atoms with Crippen LogP contribution in [0.5, 0.6) is 5.75 Å². The molecule has 35 heavy (non-hydrogen) atoms. The number of rotatable bonds is 10. The summed E-state index contributed by atoms with van der Waals surface area (Å²) in [6, 6.07) is 19.2. The van der Waals surface area contributed by atoms with E-state index in [2.05, 4.69) is 17.0 Å². The Morgan fingerprint density at radius 3 is 2.54 bits per heavy atom. The van der Waals surface area contributed by atoms with Crippen molar-refractivity contribution in [3.63, 3.8) is 0 Å². The van der Waals surface area contributed by atoms with E-state index >= 15 is 0 Å². The SMILES string of the molecule is COc1cccc(-c2ccc(S(=O)(=O)Nc3ccccc3CN[C@@H](C)CC3CCCCCC3)s2)c1. The van der Waals surface area contributed by atoms with Crippen LogP contribution in [0.25, 0.3) is 10.4 Å². The molecule has 0 radical (unpaired) electrons. The standard InChI is InChI=1S/C28H36N2O3S2/c1-21(18-22-10-5-3-4-6-11-22)29-20-24-12-7-8-15-26(24)30-35(31,32)28-17-16-27(34-28)23-13-9-14-25(19-23)33-2/h7-9,12-17,19,21-22,29-30H,3-6,10-11,18,20H2,1-2H3/t21-/m0/s1. The molecule has 0 saturated heterocycles. The van der Waals surface area contributed by atoms with Crippen molar-refractivity contribution in [1.29, 1.82) is 0 Å². The van der Waals surface area contributed by atoms with Gasteiger partial charge in [0.2, 0.25) is 0 Å². The molecule has 0 bridgehead atoms. The molecule has 1 atom stereocenters. The molecule has 0 spiro atoms. The molecular formula is C28H36N2O3S2. The largest absolute Gasteiger partial charge is 0.497 e. The van der Waals surface area contributed by atoms with Gasteiger partial charge in [-0.05, 0) is 60.7 Å². The molecule has 0 aliphatic heterocycles. The van der Waals surface area contributed by atoms with Crippen molar-refractivity contribution in [3.8, 4) is 16.2 Å². The average Bonchev–Trinajstić information content (AvgIpc) is 3.24. The maximum atomic E-state index is 13.2. The van der Waals surface area contributed by atoms with Crippen LogP contribution >= 0.6 is 11.3 Å². The van der Waals surface area contributed by atoms with Gasteiger partial charge in [0.1, 0.15) is 9.96 Å². The van der Waals surface area contributed by atoms with Crippen molar-refractivity contribution in [1.82, 2.24) is 5.32 Å². The second-order valence-electron chi connectivity index (χ2n) is 9.49. The fraction of sp³-hybridized carbons (Fsp3) is 0.429. The molecule has 1 heterocycles. The van der Waals surface area contributed by atoms with Gasteiger partial charge in [-0.2, -0.15) is 0 Å². The predicted molar refractivity (Wildman–Crippen MR) is 146 cm³/mol. The normalized spacial score (nSPS) is 15.9. The predicted octanol–water partition coefficient (Wildman–Crippen LogP) is 7.06. The minimum atomic E-state index is -3.69. The number of ether oxygens (including phenoxy) is 1. The lowest BCUT2D eigenvalue weighted by molar-refractivity contribution is 0.363. The van der Waals surface area contributed by atoms with Crippen LogP contribution in [0.1, 0.15) is 57.4 Å². The highest BCUT2D eigenvalue weighted by Crippen LogP contribution is 2.33. The van der Waals surface area contributed by atoms with Gasteiger partial charge in [-0.15, -0.1) is 11.3 Å². The van der Waals surface area contributed by atoms with Crippen molar-refractivity contribution in [2.75, 3.05) is 11.8 Å². The Hall–Kier alpha value is -2.35.